The first-order chi connectivity index (χ1) is 16.1. The zero-order valence-electron chi connectivity index (χ0n) is 19.6. The summed E-state index contributed by atoms with van der Waals surface area (Å²) in [5, 5.41) is 12.5. The highest BCUT2D eigenvalue weighted by atomic mass is 16.5. The highest BCUT2D eigenvalue weighted by Crippen LogP contribution is 2.42. The fourth-order valence-electron chi connectivity index (χ4n) is 5.33. The number of aryl methyl sites for hydroxylation is 2. The Morgan fingerprint density at radius 3 is 2.21 bits per heavy atom. The molecule has 1 saturated heterocycles. The molecule has 0 radical (unpaired) electrons. The predicted octanol–water partition coefficient (Wildman–Crippen LogP) is 3.87. The van der Waals surface area contributed by atoms with Gasteiger partial charge in [-0.25, -0.2) is 0 Å². The van der Waals surface area contributed by atoms with Gasteiger partial charge in [0.05, 0.1) is 31.0 Å². The number of quaternary nitrogens is 1. The molecule has 3 aromatic carbocycles. The number of hydrogen-bond donors (Lipinski definition) is 2. The van der Waals surface area contributed by atoms with Crippen molar-refractivity contribution in [3.8, 4) is 22.4 Å². The van der Waals surface area contributed by atoms with Crippen molar-refractivity contribution in [3.63, 3.8) is 0 Å². The number of aliphatic hydroxyl groups excluding tert-OH is 1. The van der Waals surface area contributed by atoms with Crippen molar-refractivity contribution in [2.75, 3.05) is 32.8 Å². The molecule has 5 rings (SSSR count). The molecule has 1 aliphatic heterocycles. The van der Waals surface area contributed by atoms with E-state index in [-0.39, 0.29) is 0 Å². The summed E-state index contributed by atoms with van der Waals surface area (Å²) in [5.41, 5.74) is 8.53. The Morgan fingerprint density at radius 1 is 0.909 bits per heavy atom. The molecule has 1 atom stereocenters. The van der Waals surface area contributed by atoms with Crippen LogP contribution in [0.2, 0.25) is 0 Å². The van der Waals surface area contributed by atoms with E-state index in [1.807, 2.05) is 0 Å². The van der Waals surface area contributed by atoms with E-state index in [0.717, 1.165) is 32.8 Å². The summed E-state index contributed by atoms with van der Waals surface area (Å²) in [6, 6.07) is 25.8. The van der Waals surface area contributed by atoms with Crippen molar-refractivity contribution in [2.24, 2.45) is 0 Å². The zero-order valence-corrected chi connectivity index (χ0v) is 19.6. The van der Waals surface area contributed by atoms with E-state index in [9.17, 15) is 5.11 Å². The summed E-state index contributed by atoms with van der Waals surface area (Å²) in [5.74, 6) is 0. The van der Waals surface area contributed by atoms with Gasteiger partial charge in [0.1, 0.15) is 25.7 Å². The summed E-state index contributed by atoms with van der Waals surface area (Å²) in [6.07, 6.45) is -0.430. The molecule has 0 spiro atoms. The lowest BCUT2D eigenvalue weighted by Gasteiger charge is -2.26. The molecule has 0 saturated carbocycles. The van der Waals surface area contributed by atoms with Gasteiger partial charge in [0.25, 0.3) is 0 Å². The topological polar surface area (TPSA) is 38.8 Å². The van der Waals surface area contributed by atoms with Gasteiger partial charge in [-0.05, 0) is 36.6 Å². The van der Waals surface area contributed by atoms with Crippen LogP contribution >= 0.6 is 0 Å². The van der Waals surface area contributed by atoms with Crippen molar-refractivity contribution >= 4 is 10.9 Å². The number of ether oxygens (including phenoxy) is 1. The molecule has 0 bridgehead atoms. The highest BCUT2D eigenvalue weighted by Gasteiger charge is 2.25. The van der Waals surface area contributed by atoms with Crippen LogP contribution in [-0.4, -0.2) is 48.6 Å². The Hall–Kier alpha value is -2.92. The van der Waals surface area contributed by atoms with Crippen molar-refractivity contribution in [1.29, 1.82) is 0 Å². The first-order valence-electron chi connectivity index (χ1n) is 12.0. The summed E-state index contributed by atoms with van der Waals surface area (Å²) in [7, 11) is 0. The molecule has 1 fully saturated rings. The van der Waals surface area contributed by atoms with Crippen LogP contribution in [0.15, 0.2) is 72.8 Å². The van der Waals surface area contributed by atoms with Gasteiger partial charge in [0.15, 0.2) is 0 Å². The maximum Gasteiger partial charge on any atom is 0.121 e. The van der Waals surface area contributed by atoms with E-state index in [1.165, 1.54) is 49.3 Å². The molecule has 1 unspecified atom stereocenters. The molecule has 4 nitrogen and oxygen atoms in total. The van der Waals surface area contributed by atoms with Crippen LogP contribution in [0, 0.1) is 13.8 Å². The SMILES string of the molecule is Cc1cc(C)c2c(c1)c(-c1ccccc1)c(-c1ccccc1)n2CC(O)C[NH+]1CCOCC1. The Labute approximate surface area is 196 Å². The average Bonchev–Trinajstić information content (AvgIpc) is 3.14. The molecule has 0 aliphatic carbocycles. The number of fused-ring (bicyclic) bond motifs is 1. The van der Waals surface area contributed by atoms with Crippen molar-refractivity contribution in [1.82, 2.24) is 4.57 Å². The largest absolute Gasteiger partial charge is 0.385 e. The maximum absolute atomic E-state index is 11.2. The van der Waals surface area contributed by atoms with Crippen molar-refractivity contribution in [3.05, 3.63) is 83.9 Å². The van der Waals surface area contributed by atoms with Gasteiger partial charge < -0.3 is 19.3 Å². The average molecular weight is 442 g/mol. The van der Waals surface area contributed by atoms with Crippen LogP contribution in [0.25, 0.3) is 33.3 Å². The Morgan fingerprint density at radius 2 is 1.55 bits per heavy atom. The number of hydrogen-bond acceptors (Lipinski definition) is 2. The van der Waals surface area contributed by atoms with Crippen LogP contribution in [-0.2, 0) is 11.3 Å². The van der Waals surface area contributed by atoms with Gasteiger partial charge in [-0.1, -0.05) is 72.3 Å². The molecular formula is C29H33N2O2+. The highest BCUT2D eigenvalue weighted by molar-refractivity contribution is 6.06. The van der Waals surface area contributed by atoms with Gasteiger partial charge in [0.2, 0.25) is 0 Å². The van der Waals surface area contributed by atoms with Crippen molar-refractivity contribution in [2.45, 2.75) is 26.5 Å². The van der Waals surface area contributed by atoms with Gasteiger partial charge in [0, 0.05) is 10.9 Å². The molecular weight excluding hydrogens is 408 g/mol. The van der Waals surface area contributed by atoms with Crippen LogP contribution < -0.4 is 4.90 Å². The smallest absolute Gasteiger partial charge is 0.121 e. The molecule has 4 heteroatoms. The number of rotatable bonds is 6. The van der Waals surface area contributed by atoms with E-state index in [1.54, 1.807) is 0 Å². The second kappa shape index (κ2) is 9.52. The fourth-order valence-corrected chi connectivity index (χ4v) is 5.33. The Kier molecular flexibility index (Phi) is 6.32. The third-order valence-corrected chi connectivity index (χ3v) is 6.72. The van der Waals surface area contributed by atoms with Gasteiger partial charge in [-0.15, -0.1) is 0 Å². The number of nitrogens with zero attached hydrogens (tertiary/aromatic N) is 1. The Bertz CT molecular complexity index is 1230. The molecule has 1 aromatic heterocycles. The first-order valence-corrected chi connectivity index (χ1v) is 12.0. The van der Waals surface area contributed by atoms with E-state index in [0.29, 0.717) is 6.54 Å². The molecule has 4 aromatic rings. The van der Waals surface area contributed by atoms with E-state index in [2.05, 4.69) is 91.2 Å². The molecule has 33 heavy (non-hydrogen) atoms. The normalized spacial score (nSPS) is 15.7. The van der Waals surface area contributed by atoms with Gasteiger partial charge >= 0.3 is 0 Å². The van der Waals surface area contributed by atoms with Crippen LogP contribution in [0.3, 0.4) is 0 Å². The minimum absolute atomic E-state index is 0.430. The number of morpholine rings is 1. The molecule has 2 heterocycles. The number of benzene rings is 3. The quantitative estimate of drug-likeness (QED) is 0.477. The third kappa shape index (κ3) is 4.47. The monoisotopic (exact) mass is 441 g/mol. The second-order valence-electron chi connectivity index (χ2n) is 9.26. The predicted molar refractivity (Wildman–Crippen MR) is 135 cm³/mol. The van der Waals surface area contributed by atoms with Crippen LogP contribution in [0.5, 0.6) is 0 Å². The molecule has 2 N–H and O–H groups in total. The lowest BCUT2D eigenvalue weighted by atomic mass is 9.97. The van der Waals surface area contributed by atoms with E-state index < -0.39 is 6.10 Å². The Balaban J connectivity index is 1.70. The third-order valence-electron chi connectivity index (χ3n) is 6.72. The second-order valence-corrected chi connectivity index (χ2v) is 9.26. The maximum atomic E-state index is 11.2. The molecule has 1 aliphatic rings. The summed E-state index contributed by atoms with van der Waals surface area (Å²) in [6.45, 7) is 9.14. The summed E-state index contributed by atoms with van der Waals surface area (Å²) in [4.78, 5) is 1.42. The van der Waals surface area contributed by atoms with Crippen LogP contribution in [0.1, 0.15) is 11.1 Å². The first kappa shape index (κ1) is 21.9. The number of aromatic nitrogens is 1. The zero-order chi connectivity index (χ0) is 22.8. The number of nitrogens with one attached hydrogen (secondary N) is 1. The standard InChI is InChI=1S/C29H32N2O2/c1-21-17-22(2)28-26(18-21)27(23-9-5-3-6-10-23)29(24-11-7-4-8-12-24)31(28)20-25(32)19-30-13-15-33-16-14-30/h3-12,17-18,25,32H,13-16,19-20H2,1-2H3/p+1. The minimum Gasteiger partial charge on any atom is -0.385 e. The fraction of sp³-hybridized carbons (Fsp3) is 0.310. The minimum atomic E-state index is -0.430. The van der Waals surface area contributed by atoms with Gasteiger partial charge in [-0.2, -0.15) is 0 Å². The molecule has 170 valence electrons. The van der Waals surface area contributed by atoms with E-state index >= 15 is 0 Å². The lowest BCUT2D eigenvalue weighted by Crippen LogP contribution is -3.15. The lowest BCUT2D eigenvalue weighted by molar-refractivity contribution is -0.911. The van der Waals surface area contributed by atoms with E-state index in [4.69, 9.17) is 4.74 Å². The van der Waals surface area contributed by atoms with Crippen LogP contribution in [0.4, 0.5) is 0 Å². The van der Waals surface area contributed by atoms with Gasteiger partial charge in [-0.3, -0.25) is 0 Å². The summed E-state index contributed by atoms with van der Waals surface area (Å²) >= 11 is 0. The van der Waals surface area contributed by atoms with Crippen molar-refractivity contribution < 1.29 is 14.7 Å². The molecule has 0 amide bonds. The summed E-state index contributed by atoms with van der Waals surface area (Å²) < 4.78 is 7.87. The number of aliphatic hydroxyl groups is 1.